The number of aromatic nitrogens is 4. The van der Waals surface area contributed by atoms with Gasteiger partial charge in [-0.1, -0.05) is 48.5 Å². The summed E-state index contributed by atoms with van der Waals surface area (Å²) in [5.74, 6) is 0. The van der Waals surface area contributed by atoms with E-state index in [1.807, 2.05) is 72.8 Å². The van der Waals surface area contributed by atoms with Gasteiger partial charge in [-0.2, -0.15) is 0 Å². The lowest BCUT2D eigenvalue weighted by Gasteiger charge is -2.12. The molecule has 40 heavy (non-hydrogen) atoms. The summed E-state index contributed by atoms with van der Waals surface area (Å²) in [7, 11) is 0. The van der Waals surface area contributed by atoms with Crippen molar-refractivity contribution in [2.24, 2.45) is 0 Å². The monoisotopic (exact) mass is 512 g/mol. The van der Waals surface area contributed by atoms with E-state index in [1.54, 1.807) is 20.9 Å². The fourth-order valence-corrected chi connectivity index (χ4v) is 6.76. The molecule has 10 rings (SSSR count). The molecule has 0 saturated carbocycles. The molecule has 0 aliphatic heterocycles. The maximum absolute atomic E-state index is 14.1. The highest BCUT2D eigenvalue weighted by Gasteiger charge is 2.22. The Kier molecular flexibility index (Phi) is 3.40. The smallest absolute Gasteiger partial charge is 0.264 e. The molecule has 184 valence electrons. The number of imidazole rings is 2. The van der Waals surface area contributed by atoms with E-state index in [9.17, 15) is 9.59 Å². The van der Waals surface area contributed by atoms with Crippen molar-refractivity contribution >= 4 is 87.2 Å². The molecule has 0 aliphatic carbocycles. The van der Waals surface area contributed by atoms with Gasteiger partial charge in [0.2, 0.25) is 0 Å². The minimum atomic E-state index is -0.137. The van der Waals surface area contributed by atoms with E-state index in [0.717, 1.165) is 65.2 Å². The van der Waals surface area contributed by atoms with Gasteiger partial charge in [0.1, 0.15) is 11.3 Å². The van der Waals surface area contributed by atoms with E-state index in [2.05, 4.69) is 12.1 Å². The van der Waals surface area contributed by atoms with Gasteiger partial charge < -0.3 is 0 Å². The number of hydrogen-bond donors (Lipinski definition) is 0. The predicted molar refractivity (Wildman–Crippen MR) is 161 cm³/mol. The number of fused-ring (bicyclic) bond motifs is 10. The van der Waals surface area contributed by atoms with Gasteiger partial charge in [0, 0.05) is 32.3 Å². The Labute approximate surface area is 223 Å². The predicted octanol–water partition coefficient (Wildman–Crippen LogP) is 6.65. The van der Waals surface area contributed by atoms with Crippen LogP contribution in [-0.4, -0.2) is 18.8 Å². The summed E-state index contributed by atoms with van der Waals surface area (Å²) in [6.07, 6.45) is 0. The lowest BCUT2D eigenvalue weighted by atomic mass is 9.96. The largest absolute Gasteiger partial charge is 0.268 e. The summed E-state index contributed by atoms with van der Waals surface area (Å²) in [6.45, 7) is 0. The Morgan fingerprint density at radius 2 is 0.825 bits per heavy atom. The zero-order valence-corrected chi connectivity index (χ0v) is 20.8. The highest BCUT2D eigenvalue weighted by molar-refractivity contribution is 6.28. The zero-order chi connectivity index (χ0) is 26.3. The summed E-state index contributed by atoms with van der Waals surface area (Å²) in [5, 5.41) is 8.62. The van der Waals surface area contributed by atoms with Crippen LogP contribution in [0.1, 0.15) is 0 Å². The maximum Gasteiger partial charge on any atom is 0.264 e. The van der Waals surface area contributed by atoms with Crippen LogP contribution < -0.4 is 11.1 Å². The first-order chi connectivity index (χ1) is 19.7. The van der Waals surface area contributed by atoms with Gasteiger partial charge in [0.05, 0.1) is 22.1 Å². The first kappa shape index (κ1) is 20.4. The van der Waals surface area contributed by atoms with Gasteiger partial charge >= 0.3 is 0 Å². The molecule has 0 amide bonds. The van der Waals surface area contributed by atoms with Crippen molar-refractivity contribution in [2.75, 3.05) is 0 Å². The van der Waals surface area contributed by atoms with Crippen molar-refractivity contribution in [3.05, 3.63) is 118 Å². The SMILES string of the molecule is O=c1c2ccc3c(=O)n4c5cc6ccccc6cc5nc4c4ccc(c2c34)c2nc3cc4ccccc4cc3n12. The number of rotatable bonds is 0. The second-order valence-electron chi connectivity index (χ2n) is 10.6. The lowest BCUT2D eigenvalue weighted by Crippen LogP contribution is -2.16. The van der Waals surface area contributed by atoms with Crippen LogP contribution in [0.3, 0.4) is 0 Å². The molecular formula is C34H16N4O2. The molecule has 0 spiro atoms. The lowest BCUT2D eigenvalue weighted by molar-refractivity contribution is 1.18. The fraction of sp³-hybridized carbons (Fsp3) is 0. The molecular weight excluding hydrogens is 496 g/mol. The molecule has 0 fully saturated rings. The van der Waals surface area contributed by atoms with Crippen LogP contribution in [0.4, 0.5) is 0 Å². The van der Waals surface area contributed by atoms with Gasteiger partial charge in [-0.05, 0) is 70.1 Å². The van der Waals surface area contributed by atoms with Gasteiger partial charge in [0.15, 0.2) is 0 Å². The van der Waals surface area contributed by atoms with Crippen LogP contribution in [0.15, 0.2) is 107 Å². The summed E-state index contributed by atoms with van der Waals surface area (Å²) < 4.78 is 3.43. The summed E-state index contributed by atoms with van der Waals surface area (Å²) >= 11 is 0. The van der Waals surface area contributed by atoms with E-state index in [1.165, 1.54) is 0 Å². The van der Waals surface area contributed by atoms with E-state index >= 15 is 0 Å². The molecule has 0 radical (unpaired) electrons. The van der Waals surface area contributed by atoms with E-state index in [4.69, 9.17) is 9.97 Å². The Bertz CT molecular complexity index is 2670. The summed E-state index contributed by atoms with van der Waals surface area (Å²) in [6, 6.07) is 31.9. The highest BCUT2D eigenvalue weighted by atomic mass is 16.1. The Hall–Kier alpha value is -5.62. The highest BCUT2D eigenvalue weighted by Crippen LogP contribution is 2.37. The Balaban J connectivity index is 1.43. The normalized spacial score (nSPS) is 12.7. The van der Waals surface area contributed by atoms with Crippen molar-refractivity contribution in [3.63, 3.8) is 0 Å². The Morgan fingerprint density at radius 1 is 0.450 bits per heavy atom. The van der Waals surface area contributed by atoms with Crippen LogP contribution in [0.2, 0.25) is 0 Å². The second-order valence-corrected chi connectivity index (χ2v) is 10.6. The zero-order valence-electron chi connectivity index (χ0n) is 20.8. The number of pyridine rings is 2. The average Bonchev–Trinajstić information content (AvgIpc) is 3.54. The standard InChI is InChI=1S/C34H16N4O2/c39-33-23-11-12-24-30-22(32-36-26-14-18-6-2-4-8-20(18)16-28(26)38(32)34(24)40)10-9-21(29(23)30)31-35-25-13-17-5-1-3-7-19(17)15-27(25)37(31)33/h1-16H. The first-order valence-corrected chi connectivity index (χ1v) is 13.2. The second kappa shape index (κ2) is 6.68. The van der Waals surface area contributed by atoms with Crippen molar-refractivity contribution in [1.29, 1.82) is 0 Å². The minimum absolute atomic E-state index is 0.137. The van der Waals surface area contributed by atoms with E-state index < -0.39 is 0 Å². The van der Waals surface area contributed by atoms with Crippen molar-refractivity contribution in [1.82, 2.24) is 18.8 Å². The van der Waals surface area contributed by atoms with Gasteiger partial charge in [-0.3, -0.25) is 18.4 Å². The van der Waals surface area contributed by atoms with E-state index in [0.29, 0.717) is 22.1 Å². The number of nitrogens with zero attached hydrogens (tertiary/aromatic N) is 4. The summed E-state index contributed by atoms with van der Waals surface area (Å²) in [4.78, 5) is 38.0. The summed E-state index contributed by atoms with van der Waals surface area (Å²) in [5.41, 5.74) is 4.02. The number of hydrogen-bond acceptors (Lipinski definition) is 4. The van der Waals surface area contributed by atoms with Gasteiger partial charge in [0.25, 0.3) is 11.1 Å². The number of benzene rings is 6. The molecule has 0 N–H and O–H groups in total. The van der Waals surface area contributed by atoms with Crippen LogP contribution in [0, 0.1) is 0 Å². The topological polar surface area (TPSA) is 68.7 Å². The molecule has 4 heterocycles. The third-order valence-corrected chi connectivity index (χ3v) is 8.55. The minimum Gasteiger partial charge on any atom is -0.268 e. The maximum atomic E-state index is 14.1. The molecule has 0 bridgehead atoms. The van der Waals surface area contributed by atoms with E-state index in [-0.39, 0.29) is 11.1 Å². The van der Waals surface area contributed by atoms with Crippen molar-refractivity contribution < 1.29 is 0 Å². The Morgan fingerprint density at radius 3 is 1.25 bits per heavy atom. The van der Waals surface area contributed by atoms with Crippen LogP contribution >= 0.6 is 0 Å². The van der Waals surface area contributed by atoms with Crippen LogP contribution in [0.25, 0.3) is 87.2 Å². The van der Waals surface area contributed by atoms with Gasteiger partial charge in [-0.25, -0.2) is 9.97 Å². The molecule has 6 aromatic carbocycles. The van der Waals surface area contributed by atoms with Crippen LogP contribution in [0.5, 0.6) is 0 Å². The molecule has 4 aromatic heterocycles. The van der Waals surface area contributed by atoms with Crippen molar-refractivity contribution in [2.45, 2.75) is 0 Å². The first-order valence-electron chi connectivity index (χ1n) is 13.2. The molecule has 0 unspecified atom stereocenters. The van der Waals surface area contributed by atoms with Crippen LogP contribution in [-0.2, 0) is 0 Å². The van der Waals surface area contributed by atoms with Gasteiger partial charge in [-0.15, -0.1) is 0 Å². The fourth-order valence-electron chi connectivity index (χ4n) is 6.76. The molecule has 0 saturated heterocycles. The van der Waals surface area contributed by atoms with Crippen molar-refractivity contribution in [3.8, 4) is 0 Å². The third kappa shape index (κ3) is 2.28. The molecule has 10 aromatic rings. The molecule has 0 aliphatic rings. The quantitative estimate of drug-likeness (QED) is 0.213. The third-order valence-electron chi connectivity index (χ3n) is 8.55. The molecule has 0 atom stereocenters. The molecule has 6 nitrogen and oxygen atoms in total. The molecule has 6 heteroatoms. The average molecular weight is 513 g/mol.